The molecule has 0 aromatic carbocycles. The van der Waals surface area contributed by atoms with Crippen LogP contribution in [0, 0.1) is 11.8 Å². The largest absolute Gasteiger partial charge is 0.313 e. The first-order chi connectivity index (χ1) is 6.36. The minimum atomic E-state index is 0.831. The highest BCUT2D eigenvalue weighted by Gasteiger charge is 2.24. The van der Waals surface area contributed by atoms with Gasteiger partial charge >= 0.3 is 0 Å². The smallest absolute Gasteiger partial charge is 0.0166 e. The Morgan fingerprint density at radius 3 is 2.85 bits per heavy atom. The van der Waals surface area contributed by atoms with Crippen LogP contribution in [0.4, 0.5) is 0 Å². The molecular formula is C11H21NS. The second-order valence-corrected chi connectivity index (χ2v) is 5.79. The van der Waals surface area contributed by atoms with Gasteiger partial charge in [0.25, 0.3) is 0 Å². The fourth-order valence-electron chi connectivity index (χ4n) is 2.54. The normalized spacial score (nSPS) is 39.9. The van der Waals surface area contributed by atoms with Crippen molar-refractivity contribution >= 4 is 11.8 Å². The van der Waals surface area contributed by atoms with Gasteiger partial charge in [-0.2, -0.15) is 11.8 Å². The van der Waals surface area contributed by atoms with Crippen LogP contribution in [0.5, 0.6) is 0 Å². The van der Waals surface area contributed by atoms with Gasteiger partial charge in [-0.15, -0.1) is 0 Å². The lowest BCUT2D eigenvalue weighted by molar-refractivity contribution is 0.374. The van der Waals surface area contributed by atoms with Gasteiger partial charge in [-0.3, -0.25) is 0 Å². The summed E-state index contributed by atoms with van der Waals surface area (Å²) in [6.45, 7) is 3.70. The fourth-order valence-corrected chi connectivity index (χ4v) is 3.73. The van der Waals surface area contributed by atoms with Crippen LogP contribution in [-0.2, 0) is 0 Å². The van der Waals surface area contributed by atoms with E-state index in [0.29, 0.717) is 0 Å². The van der Waals surface area contributed by atoms with Crippen molar-refractivity contribution in [3.8, 4) is 0 Å². The van der Waals surface area contributed by atoms with E-state index in [0.717, 1.165) is 17.9 Å². The molecule has 76 valence electrons. The van der Waals surface area contributed by atoms with Crippen LogP contribution < -0.4 is 5.32 Å². The van der Waals surface area contributed by atoms with Crippen LogP contribution in [0.15, 0.2) is 0 Å². The Hall–Kier alpha value is 0.310. The molecule has 1 heterocycles. The molecule has 2 heteroatoms. The zero-order chi connectivity index (χ0) is 9.10. The van der Waals surface area contributed by atoms with Crippen molar-refractivity contribution in [2.45, 2.75) is 38.6 Å². The van der Waals surface area contributed by atoms with E-state index in [9.17, 15) is 0 Å². The highest BCUT2D eigenvalue weighted by molar-refractivity contribution is 7.99. The molecule has 3 unspecified atom stereocenters. The third-order valence-electron chi connectivity index (χ3n) is 3.64. The second kappa shape index (κ2) is 4.70. The van der Waals surface area contributed by atoms with E-state index in [1.165, 1.54) is 43.7 Å². The Kier molecular flexibility index (Phi) is 3.56. The van der Waals surface area contributed by atoms with Gasteiger partial charge in [-0.05, 0) is 37.0 Å². The molecule has 0 spiro atoms. The molecule has 2 fully saturated rings. The molecule has 0 aromatic rings. The van der Waals surface area contributed by atoms with Crippen molar-refractivity contribution in [3.05, 3.63) is 0 Å². The molecule has 0 radical (unpaired) electrons. The number of rotatable bonds is 3. The molecule has 1 saturated heterocycles. The van der Waals surface area contributed by atoms with Gasteiger partial charge in [-0.1, -0.05) is 19.8 Å². The summed E-state index contributed by atoms with van der Waals surface area (Å²) in [5.74, 6) is 4.67. The summed E-state index contributed by atoms with van der Waals surface area (Å²) in [6, 6.07) is 0.831. The lowest BCUT2D eigenvalue weighted by Crippen LogP contribution is -2.33. The minimum absolute atomic E-state index is 0.831. The molecule has 1 N–H and O–H groups in total. The van der Waals surface area contributed by atoms with Crippen LogP contribution in [0.2, 0.25) is 0 Å². The van der Waals surface area contributed by atoms with Gasteiger partial charge in [0.05, 0.1) is 0 Å². The summed E-state index contributed by atoms with van der Waals surface area (Å²) >= 11 is 2.10. The first-order valence-electron chi connectivity index (χ1n) is 5.67. The van der Waals surface area contributed by atoms with E-state index >= 15 is 0 Å². The van der Waals surface area contributed by atoms with Crippen molar-refractivity contribution in [1.29, 1.82) is 0 Å². The third kappa shape index (κ3) is 2.63. The standard InChI is InChI=1S/C11H21NS/c1-9-3-2-4-10(9)7-12-11-5-6-13-8-11/h9-12H,2-8H2,1H3. The maximum atomic E-state index is 3.73. The molecule has 0 amide bonds. The van der Waals surface area contributed by atoms with Gasteiger partial charge < -0.3 is 5.32 Å². The van der Waals surface area contributed by atoms with E-state index < -0.39 is 0 Å². The van der Waals surface area contributed by atoms with Gasteiger partial charge in [-0.25, -0.2) is 0 Å². The average Bonchev–Trinajstić information content (AvgIpc) is 2.72. The fraction of sp³-hybridized carbons (Fsp3) is 1.00. The summed E-state index contributed by atoms with van der Waals surface area (Å²) in [5.41, 5.74) is 0. The van der Waals surface area contributed by atoms with Crippen molar-refractivity contribution < 1.29 is 0 Å². The Morgan fingerprint density at radius 2 is 2.23 bits per heavy atom. The zero-order valence-electron chi connectivity index (χ0n) is 8.59. The second-order valence-electron chi connectivity index (χ2n) is 4.64. The van der Waals surface area contributed by atoms with E-state index in [1.54, 1.807) is 0 Å². The Bertz CT molecular complexity index is 154. The third-order valence-corrected chi connectivity index (χ3v) is 4.80. The molecule has 3 atom stereocenters. The summed E-state index contributed by atoms with van der Waals surface area (Å²) in [5, 5.41) is 3.73. The van der Waals surface area contributed by atoms with Crippen LogP contribution in [0.3, 0.4) is 0 Å². The summed E-state index contributed by atoms with van der Waals surface area (Å²) in [6.07, 6.45) is 5.79. The molecule has 1 nitrogen and oxygen atoms in total. The minimum Gasteiger partial charge on any atom is -0.313 e. The molecule has 2 aliphatic rings. The van der Waals surface area contributed by atoms with E-state index in [2.05, 4.69) is 24.0 Å². The van der Waals surface area contributed by atoms with Crippen LogP contribution >= 0.6 is 11.8 Å². The number of hydrogen-bond donors (Lipinski definition) is 1. The van der Waals surface area contributed by atoms with Crippen LogP contribution in [0.1, 0.15) is 32.6 Å². The van der Waals surface area contributed by atoms with Gasteiger partial charge in [0.15, 0.2) is 0 Å². The topological polar surface area (TPSA) is 12.0 Å². The maximum absolute atomic E-state index is 3.73. The molecular weight excluding hydrogens is 178 g/mol. The average molecular weight is 199 g/mol. The zero-order valence-corrected chi connectivity index (χ0v) is 9.41. The summed E-state index contributed by atoms with van der Waals surface area (Å²) in [4.78, 5) is 0. The van der Waals surface area contributed by atoms with Gasteiger partial charge in [0, 0.05) is 11.8 Å². The number of nitrogens with one attached hydrogen (secondary N) is 1. The lowest BCUT2D eigenvalue weighted by Gasteiger charge is -2.18. The monoisotopic (exact) mass is 199 g/mol. The summed E-state index contributed by atoms with van der Waals surface area (Å²) < 4.78 is 0. The first kappa shape index (κ1) is 9.85. The Balaban J connectivity index is 1.66. The molecule has 1 aliphatic heterocycles. The van der Waals surface area contributed by atoms with Gasteiger partial charge in [0.1, 0.15) is 0 Å². The first-order valence-corrected chi connectivity index (χ1v) is 6.83. The predicted molar refractivity (Wildman–Crippen MR) is 60.2 cm³/mol. The lowest BCUT2D eigenvalue weighted by atomic mass is 9.98. The highest BCUT2D eigenvalue weighted by Crippen LogP contribution is 2.30. The molecule has 1 saturated carbocycles. The van der Waals surface area contributed by atoms with Gasteiger partial charge in [0.2, 0.25) is 0 Å². The van der Waals surface area contributed by atoms with E-state index in [-0.39, 0.29) is 0 Å². The van der Waals surface area contributed by atoms with Crippen molar-refractivity contribution in [3.63, 3.8) is 0 Å². The Labute approximate surface area is 86.0 Å². The SMILES string of the molecule is CC1CCCC1CNC1CCSC1. The summed E-state index contributed by atoms with van der Waals surface area (Å²) in [7, 11) is 0. The predicted octanol–water partition coefficient (Wildman–Crippen LogP) is 2.52. The number of thioether (sulfide) groups is 1. The molecule has 0 bridgehead atoms. The van der Waals surface area contributed by atoms with Crippen molar-refractivity contribution in [2.24, 2.45) is 11.8 Å². The van der Waals surface area contributed by atoms with Crippen molar-refractivity contribution in [2.75, 3.05) is 18.1 Å². The highest BCUT2D eigenvalue weighted by atomic mass is 32.2. The Morgan fingerprint density at radius 1 is 1.31 bits per heavy atom. The van der Waals surface area contributed by atoms with Crippen LogP contribution in [0.25, 0.3) is 0 Å². The molecule has 2 rings (SSSR count). The van der Waals surface area contributed by atoms with Crippen LogP contribution in [-0.4, -0.2) is 24.1 Å². The molecule has 13 heavy (non-hydrogen) atoms. The quantitative estimate of drug-likeness (QED) is 0.749. The molecule has 0 aromatic heterocycles. The number of hydrogen-bond acceptors (Lipinski definition) is 2. The van der Waals surface area contributed by atoms with E-state index in [1.807, 2.05) is 0 Å². The van der Waals surface area contributed by atoms with E-state index in [4.69, 9.17) is 0 Å². The van der Waals surface area contributed by atoms with Crippen molar-refractivity contribution in [1.82, 2.24) is 5.32 Å². The maximum Gasteiger partial charge on any atom is 0.0166 e. The molecule has 1 aliphatic carbocycles.